The third kappa shape index (κ3) is 1.18. The van der Waals surface area contributed by atoms with Crippen molar-refractivity contribution < 1.29 is 14.4 Å². The van der Waals surface area contributed by atoms with Crippen molar-refractivity contribution in [2.24, 2.45) is 11.8 Å². The predicted molar refractivity (Wildman–Crippen MR) is 56.3 cm³/mol. The van der Waals surface area contributed by atoms with Crippen molar-refractivity contribution >= 4 is 17.3 Å². The summed E-state index contributed by atoms with van der Waals surface area (Å²) >= 11 is 0. The van der Waals surface area contributed by atoms with Crippen LogP contribution in [0, 0.1) is 11.8 Å². The maximum absolute atomic E-state index is 11.9. The Hall–Kier alpha value is -1.77. The number of rotatable bonds is 2. The summed E-state index contributed by atoms with van der Waals surface area (Å²) in [6.07, 6.45) is 1.65. The molecule has 0 aromatic heterocycles. The standard InChI is InChI=1S/C13H10O3/c14-11(7-5-6-7)10-12(15)8-3-1-2-4-9(8)13(10)16/h1-4,7,10H,5-6H2. The average Bonchev–Trinajstić information content (AvgIpc) is 3.09. The highest BCUT2D eigenvalue weighted by atomic mass is 16.2. The Morgan fingerprint density at radius 3 is 1.94 bits per heavy atom. The van der Waals surface area contributed by atoms with Crippen LogP contribution in [0.1, 0.15) is 33.6 Å². The normalized spacial score (nSPS) is 20.0. The molecule has 0 atom stereocenters. The maximum atomic E-state index is 11.9. The van der Waals surface area contributed by atoms with Crippen LogP contribution in [0.2, 0.25) is 0 Å². The third-order valence-corrected chi connectivity index (χ3v) is 3.25. The van der Waals surface area contributed by atoms with Gasteiger partial charge >= 0.3 is 0 Å². The quantitative estimate of drug-likeness (QED) is 0.703. The fourth-order valence-electron chi connectivity index (χ4n) is 2.20. The molecule has 3 heteroatoms. The first-order valence-electron chi connectivity index (χ1n) is 5.41. The van der Waals surface area contributed by atoms with Gasteiger partial charge in [-0.1, -0.05) is 24.3 Å². The monoisotopic (exact) mass is 214 g/mol. The Bertz CT molecular complexity index is 477. The molecular formula is C13H10O3. The van der Waals surface area contributed by atoms with Crippen molar-refractivity contribution in [2.75, 3.05) is 0 Å². The zero-order valence-electron chi connectivity index (χ0n) is 8.60. The highest BCUT2D eigenvalue weighted by Gasteiger charge is 2.47. The van der Waals surface area contributed by atoms with Crippen molar-refractivity contribution in [1.82, 2.24) is 0 Å². The summed E-state index contributed by atoms with van der Waals surface area (Å²) in [6.45, 7) is 0. The van der Waals surface area contributed by atoms with E-state index >= 15 is 0 Å². The molecule has 2 aliphatic rings. The van der Waals surface area contributed by atoms with Crippen LogP contribution < -0.4 is 0 Å². The molecule has 16 heavy (non-hydrogen) atoms. The van der Waals surface area contributed by atoms with E-state index in [2.05, 4.69) is 0 Å². The van der Waals surface area contributed by atoms with Crippen molar-refractivity contribution in [3.05, 3.63) is 35.4 Å². The minimum atomic E-state index is -1.04. The molecule has 80 valence electrons. The molecule has 2 aliphatic carbocycles. The molecule has 0 radical (unpaired) electrons. The van der Waals surface area contributed by atoms with Gasteiger partial charge in [0.2, 0.25) is 0 Å². The first kappa shape index (κ1) is 9.46. The molecule has 0 unspecified atom stereocenters. The Morgan fingerprint density at radius 2 is 1.50 bits per heavy atom. The number of fused-ring (bicyclic) bond motifs is 1. The van der Waals surface area contributed by atoms with Crippen LogP contribution in [0.15, 0.2) is 24.3 Å². The van der Waals surface area contributed by atoms with Gasteiger partial charge in [-0.05, 0) is 12.8 Å². The molecule has 1 saturated carbocycles. The fraction of sp³-hybridized carbons (Fsp3) is 0.308. The van der Waals surface area contributed by atoms with Crippen LogP contribution in [0.3, 0.4) is 0 Å². The van der Waals surface area contributed by atoms with Gasteiger partial charge < -0.3 is 0 Å². The van der Waals surface area contributed by atoms with Gasteiger partial charge in [-0.15, -0.1) is 0 Å². The lowest BCUT2D eigenvalue weighted by atomic mass is 9.95. The van der Waals surface area contributed by atoms with Crippen LogP contribution in [-0.4, -0.2) is 17.3 Å². The number of benzene rings is 1. The van der Waals surface area contributed by atoms with E-state index in [9.17, 15) is 14.4 Å². The second kappa shape index (κ2) is 3.11. The first-order chi connectivity index (χ1) is 7.70. The summed E-state index contributed by atoms with van der Waals surface area (Å²) in [5.41, 5.74) is 0.818. The second-order valence-corrected chi connectivity index (χ2v) is 4.38. The summed E-state index contributed by atoms with van der Waals surface area (Å²) < 4.78 is 0. The van der Waals surface area contributed by atoms with Gasteiger partial charge in [0.05, 0.1) is 0 Å². The number of carbonyl (C=O) groups excluding carboxylic acids is 3. The van der Waals surface area contributed by atoms with Crippen molar-refractivity contribution in [2.45, 2.75) is 12.8 Å². The van der Waals surface area contributed by atoms with E-state index in [1.54, 1.807) is 24.3 Å². The van der Waals surface area contributed by atoms with Crippen LogP contribution in [-0.2, 0) is 4.79 Å². The smallest absolute Gasteiger partial charge is 0.181 e. The molecule has 0 heterocycles. The van der Waals surface area contributed by atoms with E-state index < -0.39 is 5.92 Å². The average molecular weight is 214 g/mol. The van der Waals surface area contributed by atoms with E-state index in [0.717, 1.165) is 12.8 Å². The van der Waals surface area contributed by atoms with Gasteiger partial charge in [-0.2, -0.15) is 0 Å². The molecule has 1 aromatic rings. The van der Waals surface area contributed by atoms with Crippen LogP contribution in [0.5, 0.6) is 0 Å². The molecule has 1 fully saturated rings. The molecule has 3 nitrogen and oxygen atoms in total. The molecular weight excluding hydrogens is 204 g/mol. The van der Waals surface area contributed by atoms with Crippen molar-refractivity contribution in [1.29, 1.82) is 0 Å². The lowest BCUT2D eigenvalue weighted by Crippen LogP contribution is -2.26. The van der Waals surface area contributed by atoms with E-state index in [1.807, 2.05) is 0 Å². The Kier molecular flexibility index (Phi) is 1.84. The first-order valence-corrected chi connectivity index (χ1v) is 5.41. The molecule has 0 aliphatic heterocycles. The number of carbonyl (C=O) groups is 3. The minimum absolute atomic E-state index is 0.0489. The Labute approximate surface area is 92.5 Å². The minimum Gasteiger partial charge on any atom is -0.298 e. The van der Waals surface area contributed by atoms with Gasteiger partial charge in [0.1, 0.15) is 5.92 Å². The topological polar surface area (TPSA) is 51.2 Å². The number of Topliss-reactive ketones (excluding diaryl/α,β-unsaturated/α-hetero) is 3. The van der Waals surface area contributed by atoms with Crippen LogP contribution >= 0.6 is 0 Å². The molecule has 0 amide bonds. The summed E-state index contributed by atoms with van der Waals surface area (Å²) in [4.78, 5) is 35.7. The number of hydrogen-bond acceptors (Lipinski definition) is 3. The lowest BCUT2D eigenvalue weighted by molar-refractivity contribution is -0.121. The van der Waals surface area contributed by atoms with Gasteiger partial charge in [0.25, 0.3) is 0 Å². The van der Waals surface area contributed by atoms with E-state index in [1.165, 1.54) is 0 Å². The van der Waals surface area contributed by atoms with Crippen molar-refractivity contribution in [3.63, 3.8) is 0 Å². The molecule has 0 saturated heterocycles. The van der Waals surface area contributed by atoms with Crippen LogP contribution in [0.25, 0.3) is 0 Å². The highest BCUT2D eigenvalue weighted by molar-refractivity contribution is 6.35. The number of ketones is 3. The Balaban J connectivity index is 2.04. The predicted octanol–water partition coefficient (Wildman–Crippen LogP) is 1.66. The van der Waals surface area contributed by atoms with E-state index in [4.69, 9.17) is 0 Å². The number of hydrogen-bond donors (Lipinski definition) is 0. The highest BCUT2D eigenvalue weighted by Crippen LogP contribution is 2.37. The van der Waals surface area contributed by atoms with Gasteiger partial charge in [-0.3, -0.25) is 14.4 Å². The molecule has 1 aromatic carbocycles. The molecule has 0 bridgehead atoms. The Morgan fingerprint density at radius 1 is 1.00 bits per heavy atom. The fourth-order valence-corrected chi connectivity index (χ4v) is 2.20. The largest absolute Gasteiger partial charge is 0.298 e. The third-order valence-electron chi connectivity index (χ3n) is 3.25. The zero-order chi connectivity index (χ0) is 11.3. The summed E-state index contributed by atoms with van der Waals surface area (Å²) in [5, 5.41) is 0. The molecule has 0 N–H and O–H groups in total. The maximum Gasteiger partial charge on any atom is 0.181 e. The molecule has 3 rings (SSSR count). The van der Waals surface area contributed by atoms with Crippen molar-refractivity contribution in [3.8, 4) is 0 Å². The second-order valence-electron chi connectivity index (χ2n) is 4.38. The summed E-state index contributed by atoms with van der Waals surface area (Å²) in [5.74, 6) is -1.88. The zero-order valence-corrected chi connectivity index (χ0v) is 8.60. The van der Waals surface area contributed by atoms with E-state index in [-0.39, 0.29) is 23.3 Å². The van der Waals surface area contributed by atoms with Gasteiger partial charge in [0.15, 0.2) is 17.3 Å². The SMILES string of the molecule is O=C1c2ccccc2C(=O)C1C(=O)C1CC1. The van der Waals surface area contributed by atoms with Gasteiger partial charge in [0, 0.05) is 17.0 Å². The van der Waals surface area contributed by atoms with Crippen LogP contribution in [0.4, 0.5) is 0 Å². The van der Waals surface area contributed by atoms with E-state index in [0.29, 0.717) is 11.1 Å². The van der Waals surface area contributed by atoms with Gasteiger partial charge in [-0.25, -0.2) is 0 Å². The molecule has 0 spiro atoms. The summed E-state index contributed by atoms with van der Waals surface area (Å²) in [7, 11) is 0. The lowest BCUT2D eigenvalue weighted by Gasteiger charge is -2.03. The summed E-state index contributed by atoms with van der Waals surface area (Å²) in [6, 6.07) is 6.67.